The van der Waals surface area contributed by atoms with Crippen LogP contribution in [0.4, 0.5) is 11.4 Å². The van der Waals surface area contributed by atoms with Gasteiger partial charge in [-0.25, -0.2) is 16.8 Å². The van der Waals surface area contributed by atoms with Crippen molar-refractivity contribution >= 4 is 58.1 Å². The fourth-order valence-electron chi connectivity index (χ4n) is 3.33. The Kier molecular flexibility index (Phi) is 6.83. The molecule has 176 valence electrons. The lowest BCUT2D eigenvalue weighted by Gasteiger charge is -2.14. The van der Waals surface area contributed by atoms with Crippen LogP contribution in [0.5, 0.6) is 5.75 Å². The Hall–Kier alpha value is -3.08. The first-order chi connectivity index (χ1) is 16.2. The molecular formula is C24H21BrN2O5S2. The second-order valence-electron chi connectivity index (χ2n) is 7.32. The number of hydrogen-bond acceptors (Lipinski definition) is 5. The summed E-state index contributed by atoms with van der Waals surface area (Å²) in [5.74, 6) is 0.234. The van der Waals surface area contributed by atoms with Gasteiger partial charge in [-0.1, -0.05) is 46.3 Å². The molecule has 4 aromatic carbocycles. The van der Waals surface area contributed by atoms with Gasteiger partial charge in [0.05, 0.1) is 11.5 Å². The third-order valence-electron chi connectivity index (χ3n) is 4.92. The molecule has 0 aliphatic carbocycles. The lowest BCUT2D eigenvalue weighted by molar-refractivity contribution is 0.331. The monoisotopic (exact) mass is 560 g/mol. The van der Waals surface area contributed by atoms with E-state index in [1.807, 2.05) is 24.3 Å². The normalized spacial score (nSPS) is 11.8. The van der Waals surface area contributed by atoms with Crippen LogP contribution >= 0.6 is 15.9 Å². The average Bonchev–Trinajstić information content (AvgIpc) is 2.81. The molecular weight excluding hydrogens is 540 g/mol. The van der Waals surface area contributed by atoms with Gasteiger partial charge in [0.25, 0.3) is 20.0 Å². The summed E-state index contributed by atoms with van der Waals surface area (Å²) in [6, 6.07) is 23.0. The van der Waals surface area contributed by atoms with Crippen LogP contribution in [0.15, 0.2) is 99.2 Å². The van der Waals surface area contributed by atoms with Gasteiger partial charge in [0.15, 0.2) is 0 Å². The molecule has 7 nitrogen and oxygen atoms in total. The lowest BCUT2D eigenvalue weighted by atomic mass is 10.1. The van der Waals surface area contributed by atoms with Crippen LogP contribution < -0.4 is 14.2 Å². The summed E-state index contributed by atoms with van der Waals surface area (Å²) >= 11 is 3.28. The van der Waals surface area contributed by atoms with Gasteiger partial charge in [0.1, 0.15) is 10.6 Å². The summed E-state index contributed by atoms with van der Waals surface area (Å²) in [6.45, 7) is 2.08. The SMILES string of the molecule is CCOc1ccc(Br)cc1S(=O)(=O)Nc1ccc(NS(=O)(=O)c2ccc3ccccc3c2)cc1. The predicted octanol–water partition coefficient (Wildman–Crippen LogP) is 5.60. The van der Waals surface area contributed by atoms with Gasteiger partial charge in [-0.15, -0.1) is 0 Å². The van der Waals surface area contributed by atoms with Gasteiger partial charge in [0, 0.05) is 15.8 Å². The number of anilines is 2. The highest BCUT2D eigenvalue weighted by Gasteiger charge is 2.21. The van der Waals surface area contributed by atoms with E-state index < -0.39 is 20.0 Å². The molecule has 10 heteroatoms. The van der Waals surface area contributed by atoms with Crippen molar-refractivity contribution in [2.45, 2.75) is 16.7 Å². The van der Waals surface area contributed by atoms with Gasteiger partial charge in [-0.2, -0.15) is 0 Å². The molecule has 0 saturated carbocycles. The topological polar surface area (TPSA) is 102 Å². The minimum Gasteiger partial charge on any atom is -0.492 e. The van der Waals surface area contributed by atoms with Crippen molar-refractivity contribution in [1.29, 1.82) is 0 Å². The van der Waals surface area contributed by atoms with Crippen LogP contribution in [0.3, 0.4) is 0 Å². The number of fused-ring (bicyclic) bond motifs is 1. The second-order valence-corrected chi connectivity index (χ2v) is 11.6. The molecule has 0 aliphatic heterocycles. The van der Waals surface area contributed by atoms with Crippen LogP contribution in [0.2, 0.25) is 0 Å². The first-order valence-corrected chi connectivity index (χ1v) is 14.0. The molecule has 0 unspecified atom stereocenters. The molecule has 0 aliphatic rings. The summed E-state index contributed by atoms with van der Waals surface area (Å²) in [4.78, 5) is 0.124. The quantitative estimate of drug-likeness (QED) is 0.292. The Morgan fingerprint density at radius 3 is 2.00 bits per heavy atom. The van der Waals surface area contributed by atoms with E-state index in [-0.39, 0.29) is 21.2 Å². The molecule has 0 fully saturated rings. The van der Waals surface area contributed by atoms with Crippen LogP contribution in [0.1, 0.15) is 6.92 Å². The van der Waals surface area contributed by atoms with Crippen molar-refractivity contribution in [2.24, 2.45) is 0 Å². The minimum atomic E-state index is -3.94. The van der Waals surface area contributed by atoms with Gasteiger partial charge in [-0.05, 0) is 72.3 Å². The average molecular weight is 561 g/mol. The first kappa shape index (κ1) is 24.1. The summed E-state index contributed by atoms with van der Waals surface area (Å²) in [6.07, 6.45) is 0. The van der Waals surface area contributed by atoms with Gasteiger partial charge >= 0.3 is 0 Å². The largest absolute Gasteiger partial charge is 0.492 e. The molecule has 0 amide bonds. The number of halogens is 1. The number of benzene rings is 4. The Labute approximate surface area is 207 Å². The fourth-order valence-corrected chi connectivity index (χ4v) is 6.17. The molecule has 0 aromatic heterocycles. The molecule has 4 aromatic rings. The zero-order chi connectivity index (χ0) is 24.3. The molecule has 0 saturated heterocycles. The van der Waals surface area contributed by atoms with Gasteiger partial charge in [-0.3, -0.25) is 9.44 Å². The molecule has 0 radical (unpaired) electrons. The maximum absolute atomic E-state index is 12.9. The smallest absolute Gasteiger partial charge is 0.265 e. The minimum absolute atomic E-state index is 0.00944. The molecule has 0 spiro atoms. The number of ether oxygens (including phenoxy) is 1. The highest BCUT2D eigenvalue weighted by molar-refractivity contribution is 9.10. The summed E-state index contributed by atoms with van der Waals surface area (Å²) in [5.41, 5.74) is 0.574. The van der Waals surface area contributed by atoms with E-state index in [1.165, 1.54) is 30.3 Å². The van der Waals surface area contributed by atoms with E-state index in [2.05, 4.69) is 25.4 Å². The summed E-state index contributed by atoms with van der Waals surface area (Å²) < 4.78 is 62.6. The van der Waals surface area contributed by atoms with E-state index >= 15 is 0 Å². The number of sulfonamides is 2. The third-order valence-corrected chi connectivity index (χ3v) is 8.19. The van der Waals surface area contributed by atoms with E-state index in [4.69, 9.17) is 4.74 Å². The van der Waals surface area contributed by atoms with Crippen molar-refractivity contribution in [3.05, 3.63) is 89.4 Å². The molecule has 0 bridgehead atoms. The Bertz CT molecular complexity index is 1550. The molecule has 0 atom stereocenters. The second kappa shape index (κ2) is 9.65. The maximum atomic E-state index is 12.9. The Balaban J connectivity index is 1.53. The summed E-state index contributed by atoms with van der Waals surface area (Å²) in [5, 5.41) is 1.75. The molecule has 2 N–H and O–H groups in total. The Morgan fingerprint density at radius 2 is 1.35 bits per heavy atom. The zero-order valence-corrected chi connectivity index (χ0v) is 21.2. The Morgan fingerprint density at radius 1 is 0.735 bits per heavy atom. The van der Waals surface area contributed by atoms with Crippen LogP contribution in [0.25, 0.3) is 10.8 Å². The fraction of sp³-hybridized carbons (Fsp3) is 0.0833. The third kappa shape index (κ3) is 5.35. The maximum Gasteiger partial charge on any atom is 0.265 e. The first-order valence-electron chi connectivity index (χ1n) is 10.2. The van der Waals surface area contributed by atoms with Crippen molar-refractivity contribution in [2.75, 3.05) is 16.1 Å². The van der Waals surface area contributed by atoms with Crippen LogP contribution in [-0.4, -0.2) is 23.4 Å². The number of hydrogen-bond donors (Lipinski definition) is 2. The van der Waals surface area contributed by atoms with Crippen LogP contribution in [-0.2, 0) is 20.0 Å². The van der Waals surface area contributed by atoms with Gasteiger partial charge in [0.2, 0.25) is 0 Å². The molecule has 0 heterocycles. The molecule has 4 rings (SSSR count). The predicted molar refractivity (Wildman–Crippen MR) is 137 cm³/mol. The lowest BCUT2D eigenvalue weighted by Crippen LogP contribution is -2.15. The van der Waals surface area contributed by atoms with Crippen molar-refractivity contribution in [1.82, 2.24) is 0 Å². The van der Waals surface area contributed by atoms with E-state index in [9.17, 15) is 16.8 Å². The van der Waals surface area contributed by atoms with E-state index in [0.717, 1.165) is 10.8 Å². The summed E-state index contributed by atoms with van der Waals surface area (Å²) in [7, 11) is -7.77. The van der Waals surface area contributed by atoms with E-state index in [0.29, 0.717) is 16.8 Å². The highest BCUT2D eigenvalue weighted by atomic mass is 79.9. The van der Waals surface area contributed by atoms with E-state index in [1.54, 1.807) is 37.3 Å². The van der Waals surface area contributed by atoms with Crippen molar-refractivity contribution < 1.29 is 21.6 Å². The highest BCUT2D eigenvalue weighted by Crippen LogP contribution is 2.30. The zero-order valence-electron chi connectivity index (χ0n) is 18.0. The van der Waals surface area contributed by atoms with Crippen molar-refractivity contribution in [3.63, 3.8) is 0 Å². The number of rotatable bonds is 8. The standard InChI is InChI=1S/C24H21BrN2O5S2/c1-2-32-23-14-8-19(25)16-24(23)34(30,31)27-21-11-9-20(10-12-21)26-33(28,29)22-13-7-17-5-3-4-6-18(17)15-22/h3-16,26-27H,2H2,1H3. The number of nitrogens with one attached hydrogen (secondary N) is 2. The van der Waals surface area contributed by atoms with Crippen LogP contribution in [0, 0.1) is 0 Å². The molecule has 34 heavy (non-hydrogen) atoms. The van der Waals surface area contributed by atoms with Gasteiger partial charge < -0.3 is 4.74 Å². The van der Waals surface area contributed by atoms with Crippen molar-refractivity contribution in [3.8, 4) is 5.75 Å².